The molecule has 1 amide bonds. The zero-order valence-electron chi connectivity index (χ0n) is 14.1. The van der Waals surface area contributed by atoms with Crippen LogP contribution in [0.25, 0.3) is 0 Å². The minimum atomic E-state index is 0.355. The molecule has 1 heterocycles. The molecule has 3 aliphatic rings. The van der Waals surface area contributed by atoms with Gasteiger partial charge in [0.15, 0.2) is 0 Å². The summed E-state index contributed by atoms with van der Waals surface area (Å²) in [6, 6.07) is 11.1. The Kier molecular flexibility index (Phi) is 4.14. The Morgan fingerprint density at radius 2 is 1.91 bits per heavy atom. The average Bonchev–Trinajstić information content (AvgIpc) is 3.04. The van der Waals surface area contributed by atoms with Crippen LogP contribution in [0.3, 0.4) is 0 Å². The van der Waals surface area contributed by atoms with Gasteiger partial charge in [0.05, 0.1) is 0 Å². The number of amides is 1. The maximum Gasteiger partial charge on any atom is 0.223 e. The molecule has 2 saturated carbocycles. The minimum Gasteiger partial charge on any atom is -0.353 e. The van der Waals surface area contributed by atoms with E-state index in [4.69, 9.17) is 0 Å². The smallest absolute Gasteiger partial charge is 0.223 e. The van der Waals surface area contributed by atoms with Gasteiger partial charge < -0.3 is 5.32 Å². The second-order valence-corrected chi connectivity index (χ2v) is 7.89. The van der Waals surface area contributed by atoms with Gasteiger partial charge in [0.25, 0.3) is 0 Å². The second-order valence-electron chi connectivity index (χ2n) is 7.89. The highest BCUT2D eigenvalue weighted by Crippen LogP contribution is 2.57. The van der Waals surface area contributed by atoms with Gasteiger partial charge in [-0.3, -0.25) is 9.69 Å². The fourth-order valence-electron chi connectivity index (χ4n) is 4.92. The number of nitrogens with one attached hydrogen (secondary N) is 1. The van der Waals surface area contributed by atoms with E-state index in [1.807, 2.05) is 0 Å². The van der Waals surface area contributed by atoms with Crippen LogP contribution in [0.4, 0.5) is 0 Å². The number of likely N-dealkylation sites (tertiary alicyclic amines) is 1. The number of nitrogens with zero attached hydrogens (tertiary/aromatic N) is 1. The Bertz CT molecular complexity index is 548. The van der Waals surface area contributed by atoms with E-state index in [0.29, 0.717) is 23.8 Å². The van der Waals surface area contributed by atoms with Crippen LogP contribution >= 0.6 is 0 Å². The van der Waals surface area contributed by atoms with Crippen molar-refractivity contribution in [1.82, 2.24) is 10.2 Å². The van der Waals surface area contributed by atoms with E-state index in [1.54, 1.807) is 0 Å². The number of hydrogen-bond donors (Lipinski definition) is 1. The highest BCUT2D eigenvalue weighted by molar-refractivity contribution is 5.82. The molecule has 0 bridgehead atoms. The summed E-state index contributed by atoms with van der Waals surface area (Å²) >= 11 is 0. The molecule has 0 radical (unpaired) electrons. The van der Waals surface area contributed by atoms with Gasteiger partial charge in [-0.2, -0.15) is 0 Å². The van der Waals surface area contributed by atoms with Crippen LogP contribution in [-0.4, -0.2) is 29.9 Å². The van der Waals surface area contributed by atoms with Crippen molar-refractivity contribution >= 4 is 5.91 Å². The third kappa shape index (κ3) is 3.16. The quantitative estimate of drug-likeness (QED) is 0.927. The topological polar surface area (TPSA) is 32.3 Å². The molecule has 0 spiro atoms. The first-order valence-corrected chi connectivity index (χ1v) is 9.29. The molecule has 5 atom stereocenters. The molecule has 1 aromatic rings. The number of carbonyl (C=O) groups excluding carboxylic acids is 1. The van der Waals surface area contributed by atoms with Crippen molar-refractivity contribution in [2.24, 2.45) is 23.7 Å². The van der Waals surface area contributed by atoms with Crippen molar-refractivity contribution < 1.29 is 4.79 Å². The zero-order valence-corrected chi connectivity index (χ0v) is 14.1. The van der Waals surface area contributed by atoms with E-state index in [2.05, 4.69) is 47.5 Å². The van der Waals surface area contributed by atoms with Crippen molar-refractivity contribution in [2.75, 3.05) is 13.1 Å². The van der Waals surface area contributed by atoms with Gasteiger partial charge in [-0.1, -0.05) is 43.7 Å². The SMILES string of the molecule is C[C@@H]1CN(Cc2ccccc2)CC[C@H]1NC(=O)C1[C@H]2CCC[C@@H]12. The van der Waals surface area contributed by atoms with E-state index in [-0.39, 0.29) is 0 Å². The van der Waals surface area contributed by atoms with Gasteiger partial charge in [-0.05, 0) is 42.6 Å². The normalized spacial score (nSPS) is 36.5. The van der Waals surface area contributed by atoms with Crippen LogP contribution in [0.5, 0.6) is 0 Å². The molecule has 1 unspecified atom stereocenters. The Morgan fingerprint density at radius 1 is 1.17 bits per heavy atom. The third-order valence-corrected chi connectivity index (χ3v) is 6.28. The fraction of sp³-hybridized carbons (Fsp3) is 0.650. The summed E-state index contributed by atoms with van der Waals surface area (Å²) in [6.45, 7) is 5.48. The average molecular weight is 312 g/mol. The first kappa shape index (κ1) is 15.2. The van der Waals surface area contributed by atoms with Crippen LogP contribution in [0.15, 0.2) is 30.3 Å². The monoisotopic (exact) mass is 312 g/mol. The predicted molar refractivity (Wildman–Crippen MR) is 91.8 cm³/mol. The Morgan fingerprint density at radius 3 is 2.61 bits per heavy atom. The van der Waals surface area contributed by atoms with Crippen molar-refractivity contribution in [2.45, 2.75) is 45.2 Å². The number of fused-ring (bicyclic) bond motifs is 1. The molecule has 2 aliphatic carbocycles. The molecule has 3 fully saturated rings. The molecule has 0 aromatic heterocycles. The molecular weight excluding hydrogens is 284 g/mol. The molecule has 3 heteroatoms. The van der Waals surface area contributed by atoms with Crippen LogP contribution in [0.2, 0.25) is 0 Å². The highest BCUT2D eigenvalue weighted by Gasteiger charge is 2.56. The van der Waals surface area contributed by atoms with Gasteiger partial charge in [-0.25, -0.2) is 0 Å². The summed E-state index contributed by atoms with van der Waals surface area (Å²) < 4.78 is 0. The van der Waals surface area contributed by atoms with Gasteiger partial charge >= 0.3 is 0 Å². The van der Waals surface area contributed by atoms with Gasteiger partial charge in [0.2, 0.25) is 5.91 Å². The van der Waals surface area contributed by atoms with Crippen LogP contribution in [-0.2, 0) is 11.3 Å². The van der Waals surface area contributed by atoms with Crippen molar-refractivity contribution in [3.8, 4) is 0 Å². The number of hydrogen-bond acceptors (Lipinski definition) is 2. The lowest BCUT2D eigenvalue weighted by atomic mass is 9.93. The predicted octanol–water partition coefficient (Wildman–Crippen LogP) is 3.06. The molecule has 3 nitrogen and oxygen atoms in total. The summed E-state index contributed by atoms with van der Waals surface area (Å²) in [5.74, 6) is 2.70. The van der Waals surface area contributed by atoms with Crippen LogP contribution in [0.1, 0.15) is 38.2 Å². The standard InChI is InChI=1S/C20H28N2O/c1-14-12-22(13-15-6-3-2-4-7-15)11-10-18(14)21-20(23)19-16-8-5-9-17(16)19/h2-4,6-7,14,16-19H,5,8-13H2,1H3,(H,21,23)/t14-,16-,17+,18-,19?/m1/s1. The second kappa shape index (κ2) is 6.27. The summed E-state index contributed by atoms with van der Waals surface area (Å²) in [4.78, 5) is 15.0. The number of carbonyl (C=O) groups is 1. The number of rotatable bonds is 4. The first-order valence-electron chi connectivity index (χ1n) is 9.29. The maximum absolute atomic E-state index is 12.5. The highest BCUT2D eigenvalue weighted by atomic mass is 16.2. The summed E-state index contributed by atoms with van der Waals surface area (Å²) in [5.41, 5.74) is 1.38. The molecule has 23 heavy (non-hydrogen) atoms. The minimum absolute atomic E-state index is 0.355. The number of piperidine rings is 1. The van der Waals surface area contributed by atoms with E-state index in [0.717, 1.165) is 37.9 Å². The molecule has 1 N–H and O–H groups in total. The van der Waals surface area contributed by atoms with Gasteiger partial charge in [0.1, 0.15) is 0 Å². The zero-order chi connectivity index (χ0) is 15.8. The van der Waals surface area contributed by atoms with Crippen LogP contribution < -0.4 is 5.32 Å². The van der Waals surface area contributed by atoms with E-state index >= 15 is 0 Å². The fourth-order valence-corrected chi connectivity index (χ4v) is 4.92. The largest absolute Gasteiger partial charge is 0.353 e. The molecular formula is C20H28N2O. The van der Waals surface area contributed by atoms with E-state index in [9.17, 15) is 4.79 Å². The molecule has 124 valence electrons. The molecule has 1 saturated heterocycles. The summed E-state index contributed by atoms with van der Waals surface area (Å²) in [6.07, 6.45) is 5.00. The lowest BCUT2D eigenvalue weighted by Crippen LogP contribution is -2.50. The van der Waals surface area contributed by atoms with Crippen molar-refractivity contribution in [3.05, 3.63) is 35.9 Å². The van der Waals surface area contributed by atoms with E-state index < -0.39 is 0 Å². The lowest BCUT2D eigenvalue weighted by Gasteiger charge is -2.37. The summed E-state index contributed by atoms with van der Waals surface area (Å²) in [7, 11) is 0. The van der Waals surface area contributed by atoms with Crippen molar-refractivity contribution in [3.63, 3.8) is 0 Å². The van der Waals surface area contributed by atoms with Gasteiger partial charge in [-0.15, -0.1) is 0 Å². The van der Waals surface area contributed by atoms with E-state index in [1.165, 1.54) is 24.8 Å². The molecule has 1 aromatic carbocycles. The first-order chi connectivity index (χ1) is 11.2. The Hall–Kier alpha value is -1.35. The maximum atomic E-state index is 12.5. The lowest BCUT2D eigenvalue weighted by molar-refractivity contribution is -0.124. The summed E-state index contributed by atoms with van der Waals surface area (Å²) in [5, 5.41) is 3.38. The third-order valence-electron chi connectivity index (χ3n) is 6.28. The van der Waals surface area contributed by atoms with Gasteiger partial charge in [0, 0.05) is 31.6 Å². The van der Waals surface area contributed by atoms with Crippen molar-refractivity contribution in [1.29, 1.82) is 0 Å². The molecule has 1 aliphatic heterocycles. The van der Waals surface area contributed by atoms with Crippen LogP contribution in [0, 0.1) is 23.7 Å². The Labute approximate surface area is 139 Å². The molecule has 4 rings (SSSR count). The number of benzene rings is 1. The Balaban J connectivity index is 1.27.